The van der Waals surface area contributed by atoms with Crippen LogP contribution in [0.3, 0.4) is 0 Å². The van der Waals surface area contributed by atoms with Crippen molar-refractivity contribution in [1.82, 2.24) is 0 Å². The summed E-state index contributed by atoms with van der Waals surface area (Å²) in [6.07, 6.45) is 22.6. The van der Waals surface area contributed by atoms with Gasteiger partial charge in [0.2, 0.25) is 0 Å². The Morgan fingerprint density at radius 1 is 0.840 bits per heavy atom. The maximum absolute atomic E-state index is 11.2. The van der Waals surface area contributed by atoms with Crippen LogP contribution in [-0.4, -0.2) is 18.1 Å². The van der Waals surface area contributed by atoms with Crippen molar-refractivity contribution in [2.24, 2.45) is 5.73 Å². The molecule has 0 fully saturated rings. The second-order valence-corrected chi connectivity index (χ2v) is 7.77. The number of esters is 1. The highest BCUT2D eigenvalue weighted by molar-refractivity contribution is 5.71. The van der Waals surface area contributed by atoms with Crippen molar-refractivity contribution in [3.63, 3.8) is 0 Å². The summed E-state index contributed by atoms with van der Waals surface area (Å²) in [4.78, 5) is 11.2. The van der Waals surface area contributed by atoms with Crippen molar-refractivity contribution in [2.45, 2.75) is 116 Å². The highest BCUT2D eigenvalue weighted by atomic mass is 16.6. The van der Waals surface area contributed by atoms with Crippen LogP contribution in [0.1, 0.15) is 111 Å². The zero-order chi connectivity index (χ0) is 18.8. The largest absolute Gasteiger partial charge is 0.459 e. The number of allylic oxidation sites excluding steroid dienone is 2. The number of carbonyl (C=O) groups is 1. The first-order chi connectivity index (χ1) is 12.0. The molecular formula is C22H43NO2. The SMILES string of the molecule is CCCCCCCC/C=C/CCCCCCCC(C)(C)OC(=O)CN. The van der Waals surface area contributed by atoms with E-state index in [9.17, 15) is 4.79 Å². The minimum atomic E-state index is -0.379. The van der Waals surface area contributed by atoms with Crippen molar-refractivity contribution < 1.29 is 9.53 Å². The van der Waals surface area contributed by atoms with Crippen LogP contribution in [-0.2, 0) is 9.53 Å². The fourth-order valence-electron chi connectivity index (χ4n) is 3.02. The summed E-state index contributed by atoms with van der Waals surface area (Å²) in [5, 5.41) is 0. The molecular weight excluding hydrogens is 310 g/mol. The van der Waals surface area contributed by atoms with Crippen molar-refractivity contribution in [3.8, 4) is 0 Å². The Balaban J connectivity index is 3.35. The van der Waals surface area contributed by atoms with Crippen LogP contribution in [0.4, 0.5) is 0 Å². The fourth-order valence-corrected chi connectivity index (χ4v) is 3.02. The molecule has 0 heterocycles. The predicted molar refractivity (Wildman–Crippen MR) is 109 cm³/mol. The van der Waals surface area contributed by atoms with Crippen molar-refractivity contribution in [3.05, 3.63) is 12.2 Å². The van der Waals surface area contributed by atoms with Gasteiger partial charge in [-0.05, 0) is 52.4 Å². The smallest absolute Gasteiger partial charge is 0.320 e. The molecule has 0 saturated heterocycles. The van der Waals surface area contributed by atoms with Crippen LogP contribution in [0.2, 0.25) is 0 Å². The molecule has 0 aromatic carbocycles. The minimum Gasteiger partial charge on any atom is -0.459 e. The lowest BCUT2D eigenvalue weighted by Crippen LogP contribution is -2.31. The zero-order valence-electron chi connectivity index (χ0n) is 17.2. The van der Waals surface area contributed by atoms with Crippen LogP contribution < -0.4 is 5.73 Å². The zero-order valence-corrected chi connectivity index (χ0v) is 17.2. The van der Waals surface area contributed by atoms with Gasteiger partial charge in [-0.2, -0.15) is 0 Å². The first-order valence-corrected chi connectivity index (χ1v) is 10.6. The Morgan fingerprint density at radius 2 is 1.32 bits per heavy atom. The molecule has 0 aliphatic rings. The van der Waals surface area contributed by atoms with Gasteiger partial charge in [-0.25, -0.2) is 0 Å². The molecule has 0 atom stereocenters. The van der Waals surface area contributed by atoms with Gasteiger partial charge >= 0.3 is 5.97 Å². The maximum atomic E-state index is 11.2. The topological polar surface area (TPSA) is 52.3 Å². The summed E-state index contributed by atoms with van der Waals surface area (Å²) in [5.74, 6) is -0.308. The lowest BCUT2D eigenvalue weighted by Gasteiger charge is -2.24. The molecule has 25 heavy (non-hydrogen) atoms. The second kappa shape index (κ2) is 16.6. The number of carbonyl (C=O) groups excluding carboxylic acids is 1. The third kappa shape index (κ3) is 17.8. The van der Waals surface area contributed by atoms with E-state index in [1.54, 1.807) is 0 Å². The lowest BCUT2D eigenvalue weighted by molar-refractivity contribution is -0.155. The van der Waals surface area contributed by atoms with E-state index in [-0.39, 0.29) is 18.1 Å². The van der Waals surface area contributed by atoms with E-state index in [0.29, 0.717) is 0 Å². The molecule has 3 nitrogen and oxygen atoms in total. The van der Waals surface area contributed by atoms with Gasteiger partial charge in [-0.3, -0.25) is 4.79 Å². The van der Waals surface area contributed by atoms with E-state index in [1.165, 1.54) is 77.0 Å². The molecule has 3 heteroatoms. The molecule has 0 rings (SSSR count). The standard InChI is InChI=1S/C22H43NO2/c1-4-5-6-7-8-9-10-11-12-13-14-15-16-17-18-19-22(2,3)25-21(24)20-23/h11-12H,4-10,13-20,23H2,1-3H3/b12-11+. The van der Waals surface area contributed by atoms with Gasteiger partial charge in [0.05, 0.1) is 6.54 Å². The van der Waals surface area contributed by atoms with Crippen molar-refractivity contribution in [1.29, 1.82) is 0 Å². The summed E-state index contributed by atoms with van der Waals surface area (Å²) < 4.78 is 5.33. The Labute approximate surface area is 156 Å². The van der Waals surface area contributed by atoms with Crippen LogP contribution in [0.5, 0.6) is 0 Å². The van der Waals surface area contributed by atoms with E-state index >= 15 is 0 Å². The molecule has 0 aliphatic carbocycles. The molecule has 0 saturated carbocycles. The van der Waals surface area contributed by atoms with Crippen LogP contribution in [0.15, 0.2) is 12.2 Å². The van der Waals surface area contributed by atoms with Gasteiger partial charge < -0.3 is 10.5 Å². The first-order valence-electron chi connectivity index (χ1n) is 10.6. The molecule has 0 unspecified atom stereocenters. The normalized spacial score (nSPS) is 12.0. The summed E-state index contributed by atoms with van der Waals surface area (Å²) in [7, 11) is 0. The highest BCUT2D eigenvalue weighted by Gasteiger charge is 2.21. The van der Waals surface area contributed by atoms with Gasteiger partial charge in [0.15, 0.2) is 0 Å². The van der Waals surface area contributed by atoms with Crippen LogP contribution >= 0.6 is 0 Å². The van der Waals surface area contributed by atoms with E-state index in [1.807, 2.05) is 13.8 Å². The fraction of sp³-hybridized carbons (Fsp3) is 0.864. The number of unbranched alkanes of at least 4 members (excludes halogenated alkanes) is 11. The van der Waals surface area contributed by atoms with Gasteiger partial charge in [-0.15, -0.1) is 0 Å². The van der Waals surface area contributed by atoms with E-state index in [4.69, 9.17) is 10.5 Å². The van der Waals surface area contributed by atoms with E-state index in [2.05, 4.69) is 19.1 Å². The lowest BCUT2D eigenvalue weighted by atomic mass is 9.99. The van der Waals surface area contributed by atoms with Gasteiger partial charge in [0.25, 0.3) is 0 Å². The second-order valence-electron chi connectivity index (χ2n) is 7.77. The molecule has 0 bridgehead atoms. The predicted octanol–water partition coefficient (Wildman–Crippen LogP) is 6.30. The molecule has 0 radical (unpaired) electrons. The third-order valence-electron chi connectivity index (χ3n) is 4.60. The first kappa shape index (κ1) is 24.2. The monoisotopic (exact) mass is 353 g/mol. The minimum absolute atomic E-state index is 0.0319. The quantitative estimate of drug-likeness (QED) is 0.189. The number of nitrogens with two attached hydrogens (primary N) is 1. The van der Waals surface area contributed by atoms with Crippen LogP contribution in [0, 0.1) is 0 Å². The van der Waals surface area contributed by atoms with E-state index < -0.39 is 0 Å². The average Bonchev–Trinajstić information content (AvgIpc) is 2.57. The Kier molecular flexibility index (Phi) is 16.1. The molecule has 148 valence electrons. The number of hydrogen-bond donors (Lipinski definition) is 1. The summed E-state index contributed by atoms with van der Waals surface area (Å²) in [6, 6.07) is 0. The highest BCUT2D eigenvalue weighted by Crippen LogP contribution is 2.19. The van der Waals surface area contributed by atoms with Crippen molar-refractivity contribution >= 4 is 5.97 Å². The molecule has 0 spiro atoms. The molecule has 0 amide bonds. The summed E-state index contributed by atoms with van der Waals surface area (Å²) in [6.45, 7) is 6.17. The Hall–Kier alpha value is -0.830. The summed E-state index contributed by atoms with van der Waals surface area (Å²) in [5.41, 5.74) is 4.91. The maximum Gasteiger partial charge on any atom is 0.320 e. The van der Waals surface area contributed by atoms with Gasteiger partial charge in [0.1, 0.15) is 5.60 Å². The number of hydrogen-bond acceptors (Lipinski definition) is 3. The Bertz CT molecular complexity index is 337. The van der Waals surface area contributed by atoms with Gasteiger partial charge in [-0.1, -0.05) is 70.4 Å². The Morgan fingerprint density at radius 3 is 1.84 bits per heavy atom. The molecule has 2 N–H and O–H groups in total. The third-order valence-corrected chi connectivity index (χ3v) is 4.60. The van der Waals surface area contributed by atoms with E-state index in [0.717, 1.165) is 12.8 Å². The molecule has 0 aromatic rings. The van der Waals surface area contributed by atoms with Crippen molar-refractivity contribution in [2.75, 3.05) is 6.54 Å². The van der Waals surface area contributed by atoms with Crippen LogP contribution in [0.25, 0.3) is 0 Å². The average molecular weight is 354 g/mol. The number of ether oxygens (including phenoxy) is 1. The van der Waals surface area contributed by atoms with Gasteiger partial charge in [0, 0.05) is 0 Å². The molecule has 0 aliphatic heterocycles. The summed E-state index contributed by atoms with van der Waals surface area (Å²) >= 11 is 0. The number of rotatable bonds is 17. The molecule has 0 aromatic heterocycles.